The number of hydrogen-bond acceptors (Lipinski definition) is 2. The van der Waals surface area contributed by atoms with Crippen LogP contribution in [0, 0.1) is 0 Å². The van der Waals surface area contributed by atoms with E-state index in [1.807, 2.05) is 7.11 Å². The van der Waals surface area contributed by atoms with Crippen LogP contribution < -0.4 is 0 Å². The molecule has 1 fully saturated rings. The summed E-state index contributed by atoms with van der Waals surface area (Å²) in [4.78, 5) is 2.72. The van der Waals surface area contributed by atoms with Gasteiger partial charge in [-0.05, 0) is 26.2 Å². The van der Waals surface area contributed by atoms with Crippen molar-refractivity contribution in [1.29, 1.82) is 0 Å². The smallest absolute Gasteiger partial charge is 0.0710 e. The maximum Gasteiger partial charge on any atom is 0.0710 e. The van der Waals surface area contributed by atoms with Crippen LogP contribution >= 0.6 is 0 Å². The zero-order valence-corrected chi connectivity index (χ0v) is 14.4. The van der Waals surface area contributed by atoms with E-state index in [1.54, 1.807) is 0 Å². The first kappa shape index (κ1) is 18.0. The number of nitrogens with zero attached hydrogens (tertiary/aromatic N) is 1. The van der Waals surface area contributed by atoms with Crippen molar-refractivity contribution >= 4 is 0 Å². The molecular weight excluding hydrogens is 246 g/mol. The van der Waals surface area contributed by atoms with E-state index in [4.69, 9.17) is 4.74 Å². The van der Waals surface area contributed by atoms with E-state index in [0.29, 0.717) is 11.6 Å². The second-order valence-electron chi connectivity index (χ2n) is 6.86. The first-order chi connectivity index (χ1) is 9.66. The summed E-state index contributed by atoms with van der Waals surface area (Å²) in [7, 11) is 1.86. The minimum atomic E-state index is 0.412. The van der Waals surface area contributed by atoms with Crippen LogP contribution in [0.5, 0.6) is 0 Å². The summed E-state index contributed by atoms with van der Waals surface area (Å²) < 4.78 is 5.56. The van der Waals surface area contributed by atoms with E-state index in [-0.39, 0.29) is 0 Å². The molecule has 1 saturated heterocycles. The minimum Gasteiger partial charge on any atom is -0.380 e. The Kier molecular flexibility index (Phi) is 8.79. The van der Waals surface area contributed by atoms with Crippen LogP contribution in [-0.2, 0) is 4.74 Å². The van der Waals surface area contributed by atoms with Gasteiger partial charge >= 0.3 is 0 Å². The van der Waals surface area contributed by atoms with Gasteiger partial charge in [-0.3, -0.25) is 4.90 Å². The van der Waals surface area contributed by atoms with Crippen LogP contribution in [-0.4, -0.2) is 36.7 Å². The maximum absolute atomic E-state index is 5.56. The third kappa shape index (κ3) is 5.73. The molecule has 0 aromatic rings. The van der Waals surface area contributed by atoms with Gasteiger partial charge in [0, 0.05) is 25.7 Å². The lowest BCUT2D eigenvalue weighted by molar-refractivity contribution is 0.0663. The van der Waals surface area contributed by atoms with E-state index < -0.39 is 0 Å². The summed E-state index contributed by atoms with van der Waals surface area (Å²) in [5.74, 6) is 0. The van der Waals surface area contributed by atoms with Crippen molar-refractivity contribution in [2.45, 2.75) is 96.6 Å². The minimum absolute atomic E-state index is 0.412. The highest BCUT2D eigenvalue weighted by Gasteiger charge is 2.35. The molecule has 2 heteroatoms. The van der Waals surface area contributed by atoms with Crippen molar-refractivity contribution in [3.8, 4) is 0 Å². The van der Waals surface area contributed by atoms with Crippen LogP contribution in [0.25, 0.3) is 0 Å². The molecule has 1 aliphatic heterocycles. The van der Waals surface area contributed by atoms with Crippen LogP contribution in [0.15, 0.2) is 0 Å². The summed E-state index contributed by atoms with van der Waals surface area (Å²) in [5, 5.41) is 0. The Labute approximate surface area is 127 Å². The highest BCUT2D eigenvalue weighted by atomic mass is 16.5. The quantitative estimate of drug-likeness (QED) is 0.494. The molecule has 0 radical (unpaired) electrons. The lowest BCUT2D eigenvalue weighted by Gasteiger charge is -2.39. The highest BCUT2D eigenvalue weighted by Crippen LogP contribution is 2.32. The molecule has 20 heavy (non-hydrogen) atoms. The van der Waals surface area contributed by atoms with E-state index in [9.17, 15) is 0 Å². The molecular formula is C18H37NO. The highest BCUT2D eigenvalue weighted by molar-refractivity contribution is 4.91. The largest absolute Gasteiger partial charge is 0.380 e. The predicted molar refractivity (Wildman–Crippen MR) is 88.3 cm³/mol. The van der Waals surface area contributed by atoms with Crippen molar-refractivity contribution in [2.24, 2.45) is 0 Å². The molecule has 0 aromatic carbocycles. The summed E-state index contributed by atoms with van der Waals surface area (Å²) in [5.41, 5.74) is 0.412. The standard InChI is InChI=1S/C18H37NO/c1-5-7-9-10-11-14-18(3,13-8-6-2)19-15-12-17(16-19)20-4/h17H,5-16H2,1-4H3. The van der Waals surface area contributed by atoms with Crippen molar-refractivity contribution in [3.05, 3.63) is 0 Å². The average molecular weight is 284 g/mol. The van der Waals surface area contributed by atoms with Gasteiger partial charge in [-0.2, -0.15) is 0 Å². The summed E-state index contributed by atoms with van der Waals surface area (Å²) in [6.07, 6.45) is 14.1. The lowest BCUT2D eigenvalue weighted by Crippen LogP contribution is -2.45. The molecule has 2 nitrogen and oxygen atoms in total. The van der Waals surface area contributed by atoms with Gasteiger partial charge in [0.2, 0.25) is 0 Å². The van der Waals surface area contributed by atoms with Crippen LogP contribution in [0.3, 0.4) is 0 Å². The topological polar surface area (TPSA) is 12.5 Å². The number of rotatable bonds is 11. The van der Waals surface area contributed by atoms with Crippen molar-refractivity contribution in [3.63, 3.8) is 0 Å². The maximum atomic E-state index is 5.56. The Hall–Kier alpha value is -0.0800. The van der Waals surface area contributed by atoms with Crippen LogP contribution in [0.4, 0.5) is 0 Å². The second-order valence-corrected chi connectivity index (χ2v) is 6.86. The van der Waals surface area contributed by atoms with Crippen molar-refractivity contribution in [1.82, 2.24) is 4.90 Å². The van der Waals surface area contributed by atoms with Crippen LogP contribution in [0.2, 0.25) is 0 Å². The van der Waals surface area contributed by atoms with Gasteiger partial charge < -0.3 is 4.74 Å². The summed E-state index contributed by atoms with van der Waals surface area (Å²) >= 11 is 0. The predicted octanol–water partition coefficient (Wildman–Crippen LogP) is 5.02. The molecule has 1 rings (SSSR count). The lowest BCUT2D eigenvalue weighted by atomic mass is 9.87. The summed E-state index contributed by atoms with van der Waals surface area (Å²) in [6.45, 7) is 9.48. The first-order valence-electron chi connectivity index (χ1n) is 8.94. The summed E-state index contributed by atoms with van der Waals surface area (Å²) in [6, 6.07) is 0. The number of likely N-dealkylation sites (tertiary alicyclic amines) is 1. The van der Waals surface area contributed by atoms with Crippen molar-refractivity contribution < 1.29 is 4.74 Å². The average Bonchev–Trinajstić information content (AvgIpc) is 2.94. The Morgan fingerprint density at radius 2 is 1.65 bits per heavy atom. The van der Waals surface area contributed by atoms with Gasteiger partial charge in [0.25, 0.3) is 0 Å². The fourth-order valence-corrected chi connectivity index (χ4v) is 3.52. The molecule has 0 N–H and O–H groups in total. The molecule has 0 bridgehead atoms. The third-order valence-electron chi connectivity index (χ3n) is 5.13. The van der Waals surface area contributed by atoms with E-state index in [2.05, 4.69) is 25.7 Å². The molecule has 120 valence electrons. The molecule has 1 aliphatic rings. The van der Waals surface area contributed by atoms with Crippen LogP contribution in [0.1, 0.15) is 85.0 Å². The molecule has 1 heterocycles. The zero-order chi connectivity index (χ0) is 14.8. The van der Waals surface area contributed by atoms with E-state index >= 15 is 0 Å². The van der Waals surface area contributed by atoms with Gasteiger partial charge in [0.1, 0.15) is 0 Å². The monoisotopic (exact) mass is 283 g/mol. The van der Waals surface area contributed by atoms with Gasteiger partial charge in [-0.1, -0.05) is 58.8 Å². The Balaban J connectivity index is 2.43. The van der Waals surface area contributed by atoms with E-state index in [0.717, 1.165) is 6.54 Å². The number of unbranched alkanes of at least 4 members (excludes halogenated alkanes) is 5. The Bertz CT molecular complexity index is 244. The zero-order valence-electron chi connectivity index (χ0n) is 14.4. The van der Waals surface area contributed by atoms with Gasteiger partial charge in [0.05, 0.1) is 6.10 Å². The molecule has 0 aliphatic carbocycles. The SMILES string of the molecule is CCCCCCCC(C)(CCCC)N1CCC(OC)C1. The molecule has 2 unspecified atom stereocenters. The molecule has 0 aromatic heterocycles. The second kappa shape index (κ2) is 9.78. The normalized spacial score (nSPS) is 23.1. The van der Waals surface area contributed by atoms with Gasteiger partial charge in [-0.15, -0.1) is 0 Å². The van der Waals surface area contributed by atoms with E-state index in [1.165, 1.54) is 70.8 Å². The number of hydrogen-bond donors (Lipinski definition) is 0. The Morgan fingerprint density at radius 1 is 1.00 bits per heavy atom. The fourth-order valence-electron chi connectivity index (χ4n) is 3.52. The first-order valence-corrected chi connectivity index (χ1v) is 8.94. The fraction of sp³-hybridized carbons (Fsp3) is 1.00. The number of methoxy groups -OCH3 is 1. The van der Waals surface area contributed by atoms with Gasteiger partial charge in [0.15, 0.2) is 0 Å². The van der Waals surface area contributed by atoms with Crippen molar-refractivity contribution in [2.75, 3.05) is 20.2 Å². The molecule has 0 spiro atoms. The molecule has 2 atom stereocenters. The molecule has 0 saturated carbocycles. The number of ether oxygens (including phenoxy) is 1. The Morgan fingerprint density at radius 3 is 2.25 bits per heavy atom. The van der Waals surface area contributed by atoms with Gasteiger partial charge in [-0.25, -0.2) is 0 Å². The molecule has 0 amide bonds. The third-order valence-corrected chi connectivity index (χ3v) is 5.13.